The van der Waals surface area contributed by atoms with Gasteiger partial charge in [-0.1, -0.05) is 35.3 Å². The number of anilines is 1. The minimum absolute atomic E-state index is 0.260. The van der Waals surface area contributed by atoms with E-state index in [4.69, 9.17) is 42.5 Å². The van der Waals surface area contributed by atoms with Crippen molar-refractivity contribution in [2.45, 2.75) is 12.5 Å². The van der Waals surface area contributed by atoms with Gasteiger partial charge < -0.3 is 24.6 Å². The lowest BCUT2D eigenvalue weighted by atomic mass is 10.0. The van der Waals surface area contributed by atoms with E-state index in [-0.39, 0.29) is 10.9 Å². The van der Waals surface area contributed by atoms with Gasteiger partial charge in [-0.3, -0.25) is 4.79 Å². The molecule has 11 heteroatoms. The van der Waals surface area contributed by atoms with Crippen LogP contribution in [0, 0.1) is 0 Å². The lowest BCUT2D eigenvalue weighted by Crippen LogP contribution is -2.18. The zero-order valence-electron chi connectivity index (χ0n) is 19.6. The number of benzene rings is 3. The summed E-state index contributed by atoms with van der Waals surface area (Å²) in [5.41, 5.74) is 2.13. The van der Waals surface area contributed by atoms with Gasteiger partial charge in [0.1, 0.15) is 23.4 Å². The number of carbonyl (C=O) groups is 2. The quantitative estimate of drug-likeness (QED) is 0.245. The van der Waals surface area contributed by atoms with Gasteiger partial charge in [0, 0.05) is 34.2 Å². The topological polar surface area (TPSA) is 120 Å². The van der Waals surface area contributed by atoms with Crippen LogP contribution in [0.2, 0.25) is 10.0 Å². The van der Waals surface area contributed by atoms with Crippen LogP contribution in [0.15, 0.2) is 73.1 Å². The van der Waals surface area contributed by atoms with E-state index in [2.05, 4.69) is 15.3 Å². The maximum atomic E-state index is 12.7. The Kier molecular flexibility index (Phi) is 7.30. The van der Waals surface area contributed by atoms with Crippen LogP contribution < -0.4 is 14.8 Å². The summed E-state index contributed by atoms with van der Waals surface area (Å²) in [6, 6.07) is 16.8. The first-order valence-corrected chi connectivity index (χ1v) is 12.1. The maximum absolute atomic E-state index is 12.7. The molecule has 0 saturated heterocycles. The van der Waals surface area contributed by atoms with E-state index in [0.717, 1.165) is 5.56 Å². The van der Waals surface area contributed by atoms with Crippen LogP contribution in [0.1, 0.15) is 28.4 Å². The smallest absolute Gasteiger partial charge is 0.493 e. The zero-order valence-corrected chi connectivity index (χ0v) is 21.1. The van der Waals surface area contributed by atoms with Gasteiger partial charge in [-0.2, -0.15) is 0 Å². The van der Waals surface area contributed by atoms with Gasteiger partial charge in [0.15, 0.2) is 5.82 Å². The molecule has 1 aromatic heterocycles. The minimum atomic E-state index is -1.37. The molecule has 192 valence electrons. The summed E-state index contributed by atoms with van der Waals surface area (Å²) in [5.74, 6) is 1.33. The van der Waals surface area contributed by atoms with Crippen molar-refractivity contribution in [3.05, 3.63) is 94.2 Å². The van der Waals surface area contributed by atoms with Gasteiger partial charge >= 0.3 is 6.16 Å². The van der Waals surface area contributed by atoms with E-state index in [0.29, 0.717) is 57.9 Å². The Labute approximate surface area is 226 Å². The number of ether oxygens (including phenoxy) is 3. The van der Waals surface area contributed by atoms with Gasteiger partial charge in [0.25, 0.3) is 5.91 Å². The molecule has 0 radical (unpaired) electrons. The first-order chi connectivity index (χ1) is 18.4. The van der Waals surface area contributed by atoms with Crippen LogP contribution in [-0.4, -0.2) is 33.7 Å². The molecule has 5 rings (SSSR count). The first kappa shape index (κ1) is 25.3. The molecule has 0 bridgehead atoms. The highest BCUT2D eigenvalue weighted by Crippen LogP contribution is 2.42. The number of carboxylic acid groups (broad SMARTS) is 1. The molecule has 3 aromatic carbocycles. The van der Waals surface area contributed by atoms with Crippen molar-refractivity contribution in [2.24, 2.45) is 0 Å². The largest absolute Gasteiger partial charge is 0.506 e. The number of hydrogen-bond acceptors (Lipinski definition) is 7. The van der Waals surface area contributed by atoms with Crippen molar-refractivity contribution < 1.29 is 28.9 Å². The van der Waals surface area contributed by atoms with E-state index >= 15 is 0 Å². The lowest BCUT2D eigenvalue weighted by Gasteiger charge is -2.25. The molecule has 1 aliphatic heterocycles. The Morgan fingerprint density at radius 3 is 2.50 bits per heavy atom. The standard InChI is InChI=1S/C27H19Cl2N3O6/c28-17-3-1-2-16(10-17)25-30-13-18(14-31-25)32-26(33)15-4-6-19(7-5-15)37-24-12-23-20(11-21(24)29)22(8-9-36-23)38-27(34)35/h1-7,10-14,22H,8-9H2,(H,32,33)(H,34,35). The number of hydrogen-bond donors (Lipinski definition) is 2. The fraction of sp³-hybridized carbons (Fsp3) is 0.111. The first-order valence-electron chi connectivity index (χ1n) is 11.4. The summed E-state index contributed by atoms with van der Waals surface area (Å²) in [6.07, 6.45) is 1.39. The second kappa shape index (κ2) is 11.0. The van der Waals surface area contributed by atoms with Crippen LogP contribution in [0.25, 0.3) is 11.4 Å². The molecule has 0 aliphatic carbocycles. The maximum Gasteiger partial charge on any atom is 0.506 e. The van der Waals surface area contributed by atoms with Crippen molar-refractivity contribution in [1.29, 1.82) is 0 Å². The molecular formula is C27H19Cl2N3O6. The summed E-state index contributed by atoms with van der Waals surface area (Å²) in [6.45, 7) is 0.296. The van der Waals surface area contributed by atoms with Gasteiger partial charge in [-0.25, -0.2) is 14.8 Å². The predicted octanol–water partition coefficient (Wildman–Crippen LogP) is 7.01. The Morgan fingerprint density at radius 1 is 1.03 bits per heavy atom. The van der Waals surface area contributed by atoms with Crippen molar-refractivity contribution in [3.63, 3.8) is 0 Å². The van der Waals surface area contributed by atoms with E-state index in [9.17, 15) is 9.59 Å². The number of rotatable bonds is 6. The Morgan fingerprint density at radius 2 is 1.79 bits per heavy atom. The molecule has 9 nitrogen and oxygen atoms in total. The van der Waals surface area contributed by atoms with Gasteiger partial charge in [0.2, 0.25) is 0 Å². The lowest BCUT2D eigenvalue weighted by molar-refractivity contribution is 0.0326. The number of carbonyl (C=O) groups excluding carboxylic acids is 1. The Bertz CT molecular complexity index is 1500. The number of aromatic nitrogens is 2. The molecule has 2 heterocycles. The van der Waals surface area contributed by atoms with E-state index in [1.54, 1.807) is 48.5 Å². The fourth-order valence-corrected chi connectivity index (χ4v) is 4.26. The number of halogens is 2. The van der Waals surface area contributed by atoms with E-state index in [1.165, 1.54) is 12.4 Å². The molecule has 1 amide bonds. The van der Waals surface area contributed by atoms with Crippen LogP contribution in [0.5, 0.6) is 17.2 Å². The molecule has 1 unspecified atom stereocenters. The van der Waals surface area contributed by atoms with Crippen LogP contribution in [0.3, 0.4) is 0 Å². The third-order valence-electron chi connectivity index (χ3n) is 5.63. The predicted molar refractivity (Wildman–Crippen MR) is 140 cm³/mol. The molecule has 1 aliphatic rings. The number of nitrogens with zero attached hydrogens (tertiary/aromatic N) is 2. The van der Waals surface area contributed by atoms with Gasteiger partial charge in [-0.15, -0.1) is 0 Å². The molecule has 2 N–H and O–H groups in total. The second-order valence-electron chi connectivity index (χ2n) is 8.22. The summed E-state index contributed by atoms with van der Waals surface area (Å²) in [7, 11) is 0. The van der Waals surface area contributed by atoms with Gasteiger partial charge in [-0.05, 0) is 42.5 Å². The highest BCUT2D eigenvalue weighted by atomic mass is 35.5. The summed E-state index contributed by atoms with van der Waals surface area (Å²) in [4.78, 5) is 32.2. The van der Waals surface area contributed by atoms with Crippen molar-refractivity contribution >= 4 is 41.0 Å². The summed E-state index contributed by atoms with van der Waals surface area (Å²) < 4.78 is 16.4. The SMILES string of the molecule is O=C(O)OC1CCOc2cc(Oc3ccc(C(=O)Nc4cnc(-c5cccc(Cl)c5)nc4)cc3)c(Cl)cc21. The summed E-state index contributed by atoms with van der Waals surface area (Å²) in [5, 5.41) is 12.6. The van der Waals surface area contributed by atoms with Crippen molar-refractivity contribution in [2.75, 3.05) is 11.9 Å². The Balaban J connectivity index is 1.24. The molecule has 1 atom stereocenters. The minimum Gasteiger partial charge on any atom is -0.493 e. The van der Waals surface area contributed by atoms with Gasteiger partial charge in [0.05, 0.1) is 29.7 Å². The summed E-state index contributed by atoms with van der Waals surface area (Å²) >= 11 is 12.4. The zero-order chi connectivity index (χ0) is 26.6. The fourth-order valence-electron chi connectivity index (χ4n) is 3.85. The number of amides is 1. The third kappa shape index (κ3) is 5.80. The van der Waals surface area contributed by atoms with Crippen molar-refractivity contribution in [1.82, 2.24) is 9.97 Å². The van der Waals surface area contributed by atoms with E-state index < -0.39 is 12.3 Å². The molecular weight excluding hydrogens is 533 g/mol. The van der Waals surface area contributed by atoms with Crippen molar-refractivity contribution in [3.8, 4) is 28.6 Å². The monoisotopic (exact) mass is 551 g/mol. The van der Waals surface area contributed by atoms with Crippen LogP contribution in [0.4, 0.5) is 10.5 Å². The normalized spacial score (nSPS) is 14.1. The number of nitrogens with one attached hydrogen (secondary N) is 1. The van der Waals surface area contributed by atoms with Crippen LogP contribution >= 0.6 is 23.2 Å². The van der Waals surface area contributed by atoms with E-state index in [1.807, 2.05) is 12.1 Å². The molecule has 0 fully saturated rings. The average molecular weight is 552 g/mol. The Hall–Kier alpha value is -4.34. The molecule has 0 saturated carbocycles. The molecule has 0 spiro atoms. The van der Waals surface area contributed by atoms with Crippen LogP contribution in [-0.2, 0) is 4.74 Å². The number of fused-ring (bicyclic) bond motifs is 1. The third-order valence-corrected chi connectivity index (χ3v) is 6.16. The average Bonchev–Trinajstić information content (AvgIpc) is 2.90. The molecule has 38 heavy (non-hydrogen) atoms. The second-order valence-corrected chi connectivity index (χ2v) is 9.06. The highest BCUT2D eigenvalue weighted by molar-refractivity contribution is 6.32. The molecule has 4 aromatic rings. The highest BCUT2D eigenvalue weighted by Gasteiger charge is 2.27.